The van der Waals surface area contributed by atoms with E-state index in [-0.39, 0.29) is 36.8 Å². The Kier molecular flexibility index (Phi) is 6.09. The summed E-state index contributed by atoms with van der Waals surface area (Å²) in [7, 11) is -1.21. The second-order valence-corrected chi connectivity index (χ2v) is 15.0. The summed E-state index contributed by atoms with van der Waals surface area (Å²) in [6, 6.07) is 3.03. The SMILES string of the molecule is C[Si](C)(C)CCOCn1c(OC2COC3C(O)COC23)nc2cc(Cl)c(Cl)nc21. The normalized spacial score (nSPS) is 27.0. The van der Waals surface area contributed by atoms with Gasteiger partial charge in [0.05, 0.1) is 18.2 Å². The van der Waals surface area contributed by atoms with Gasteiger partial charge in [-0.15, -0.1) is 0 Å². The Labute approximate surface area is 180 Å². The third-order valence-corrected chi connectivity index (χ3v) is 7.43. The molecular weight excluding hydrogens is 437 g/mol. The van der Waals surface area contributed by atoms with Gasteiger partial charge in [0.15, 0.2) is 11.8 Å². The molecule has 0 bridgehead atoms. The van der Waals surface area contributed by atoms with Crippen LogP contribution in [0.2, 0.25) is 35.9 Å². The first kappa shape index (κ1) is 21.3. The summed E-state index contributed by atoms with van der Waals surface area (Å²) in [5.41, 5.74) is 1.09. The standard InChI is InChI=1S/C18H25Cl2N3O5Si/c1-29(2,3)5-4-25-9-23-17-11(6-10(19)16(20)22-17)21-18(23)28-13-8-27-14-12(24)7-26-15(13)14/h6,12-15,24H,4-5,7-9H2,1-3H3. The molecule has 0 spiro atoms. The fourth-order valence-corrected chi connectivity index (χ4v) is 4.44. The van der Waals surface area contributed by atoms with Crippen LogP contribution in [0.1, 0.15) is 0 Å². The van der Waals surface area contributed by atoms with Crippen LogP contribution in [0.25, 0.3) is 11.2 Å². The lowest BCUT2D eigenvalue weighted by Gasteiger charge is -2.19. The lowest BCUT2D eigenvalue weighted by atomic mass is 10.1. The Morgan fingerprint density at radius 3 is 2.72 bits per heavy atom. The molecular formula is C18H25Cl2N3O5Si. The summed E-state index contributed by atoms with van der Waals surface area (Å²) < 4.78 is 25.0. The molecule has 2 aliphatic rings. The number of aliphatic hydroxyl groups is 1. The van der Waals surface area contributed by atoms with Crippen molar-refractivity contribution in [1.29, 1.82) is 0 Å². The van der Waals surface area contributed by atoms with Crippen molar-refractivity contribution in [2.75, 3.05) is 19.8 Å². The summed E-state index contributed by atoms with van der Waals surface area (Å²) in [6.07, 6.45) is -1.75. The zero-order chi connectivity index (χ0) is 20.8. The van der Waals surface area contributed by atoms with E-state index >= 15 is 0 Å². The molecule has 4 rings (SSSR count). The van der Waals surface area contributed by atoms with Gasteiger partial charge in [0, 0.05) is 14.7 Å². The molecule has 2 fully saturated rings. The van der Waals surface area contributed by atoms with Gasteiger partial charge in [-0.3, -0.25) is 4.57 Å². The highest BCUT2D eigenvalue weighted by Gasteiger charge is 2.48. The van der Waals surface area contributed by atoms with E-state index in [1.165, 1.54) is 0 Å². The Balaban J connectivity index is 1.57. The molecule has 2 saturated heterocycles. The van der Waals surface area contributed by atoms with Crippen molar-refractivity contribution in [3.8, 4) is 6.01 Å². The van der Waals surface area contributed by atoms with E-state index in [4.69, 9.17) is 42.1 Å². The van der Waals surface area contributed by atoms with Crippen molar-refractivity contribution < 1.29 is 24.1 Å². The van der Waals surface area contributed by atoms with Crippen molar-refractivity contribution in [1.82, 2.24) is 14.5 Å². The summed E-state index contributed by atoms with van der Waals surface area (Å²) in [5, 5.41) is 10.5. The van der Waals surface area contributed by atoms with Gasteiger partial charge in [0.1, 0.15) is 35.7 Å². The fraction of sp³-hybridized carbons (Fsp3) is 0.667. The van der Waals surface area contributed by atoms with Crippen molar-refractivity contribution >= 4 is 42.4 Å². The van der Waals surface area contributed by atoms with Crippen LogP contribution in [0.4, 0.5) is 0 Å². The Bertz CT molecular complexity index is 890. The smallest absolute Gasteiger partial charge is 0.301 e. The van der Waals surface area contributed by atoms with Crippen LogP contribution in [-0.4, -0.2) is 72.0 Å². The first-order valence-corrected chi connectivity index (χ1v) is 14.1. The zero-order valence-electron chi connectivity index (χ0n) is 16.6. The second kappa shape index (κ2) is 8.30. The Morgan fingerprint density at radius 2 is 1.97 bits per heavy atom. The molecule has 29 heavy (non-hydrogen) atoms. The molecule has 2 aromatic heterocycles. The van der Waals surface area contributed by atoms with Crippen LogP contribution in [0.3, 0.4) is 0 Å². The number of hydrogen-bond donors (Lipinski definition) is 1. The lowest BCUT2D eigenvalue weighted by Crippen LogP contribution is -2.35. The van der Waals surface area contributed by atoms with Crippen molar-refractivity contribution in [3.05, 3.63) is 16.2 Å². The number of rotatable bonds is 7. The molecule has 160 valence electrons. The predicted molar refractivity (Wildman–Crippen MR) is 112 cm³/mol. The molecule has 2 aliphatic heterocycles. The maximum atomic E-state index is 9.94. The van der Waals surface area contributed by atoms with Crippen LogP contribution in [0, 0.1) is 0 Å². The fourth-order valence-electron chi connectivity index (χ4n) is 3.40. The van der Waals surface area contributed by atoms with E-state index < -0.39 is 14.2 Å². The summed E-state index contributed by atoms with van der Waals surface area (Å²) >= 11 is 12.2. The number of halogens is 2. The third-order valence-electron chi connectivity index (χ3n) is 5.05. The molecule has 0 amide bonds. The largest absolute Gasteiger partial charge is 0.456 e. The quantitative estimate of drug-likeness (QED) is 0.385. The monoisotopic (exact) mass is 461 g/mol. The molecule has 0 aliphatic carbocycles. The number of fused-ring (bicyclic) bond motifs is 2. The third kappa shape index (κ3) is 4.56. The van der Waals surface area contributed by atoms with E-state index in [0.29, 0.717) is 35.4 Å². The van der Waals surface area contributed by atoms with Crippen molar-refractivity contribution in [3.63, 3.8) is 0 Å². The van der Waals surface area contributed by atoms with Gasteiger partial charge in [-0.25, -0.2) is 4.98 Å². The van der Waals surface area contributed by atoms with Crippen molar-refractivity contribution in [2.24, 2.45) is 0 Å². The minimum atomic E-state index is -1.21. The van der Waals surface area contributed by atoms with E-state index in [2.05, 4.69) is 29.6 Å². The first-order valence-electron chi connectivity index (χ1n) is 9.61. The molecule has 0 radical (unpaired) electrons. The summed E-state index contributed by atoms with van der Waals surface area (Å²) in [4.78, 5) is 8.89. The topological polar surface area (TPSA) is 87.9 Å². The molecule has 0 aromatic carbocycles. The molecule has 8 nitrogen and oxygen atoms in total. The minimum absolute atomic E-state index is 0.195. The number of imidazole rings is 1. The van der Waals surface area contributed by atoms with E-state index in [1.807, 2.05) is 0 Å². The molecule has 11 heteroatoms. The van der Waals surface area contributed by atoms with Gasteiger partial charge >= 0.3 is 6.01 Å². The van der Waals surface area contributed by atoms with Gasteiger partial charge in [0.25, 0.3) is 0 Å². The highest BCUT2D eigenvalue weighted by atomic mass is 35.5. The van der Waals surface area contributed by atoms with Crippen molar-refractivity contribution in [2.45, 2.75) is 56.8 Å². The van der Waals surface area contributed by atoms with E-state index in [9.17, 15) is 5.11 Å². The van der Waals surface area contributed by atoms with Gasteiger partial charge in [-0.1, -0.05) is 42.8 Å². The van der Waals surface area contributed by atoms with E-state index in [0.717, 1.165) is 6.04 Å². The average Bonchev–Trinajstić information content (AvgIpc) is 3.29. The Hall–Kier alpha value is -0.943. The Morgan fingerprint density at radius 1 is 1.21 bits per heavy atom. The van der Waals surface area contributed by atoms with Gasteiger partial charge < -0.3 is 24.1 Å². The maximum Gasteiger partial charge on any atom is 0.301 e. The number of pyridine rings is 1. The van der Waals surface area contributed by atoms with Gasteiger partial charge in [-0.2, -0.15) is 4.98 Å². The number of nitrogens with zero attached hydrogens (tertiary/aromatic N) is 3. The first-order chi connectivity index (χ1) is 13.7. The molecule has 0 saturated carbocycles. The lowest BCUT2D eigenvalue weighted by molar-refractivity contribution is 0.00336. The van der Waals surface area contributed by atoms with Crippen LogP contribution < -0.4 is 4.74 Å². The van der Waals surface area contributed by atoms with Gasteiger partial charge in [0.2, 0.25) is 0 Å². The number of aromatic nitrogens is 3. The summed E-state index contributed by atoms with van der Waals surface area (Å²) in [5.74, 6) is 0. The minimum Gasteiger partial charge on any atom is -0.456 e. The second-order valence-electron chi connectivity index (χ2n) is 8.59. The summed E-state index contributed by atoms with van der Waals surface area (Å²) in [6.45, 7) is 8.31. The molecule has 4 unspecified atom stereocenters. The van der Waals surface area contributed by atoms with Crippen LogP contribution >= 0.6 is 23.2 Å². The zero-order valence-corrected chi connectivity index (χ0v) is 19.1. The number of aliphatic hydroxyl groups excluding tert-OH is 1. The van der Waals surface area contributed by atoms with Crippen LogP contribution in [-0.2, 0) is 20.9 Å². The highest BCUT2D eigenvalue weighted by Crippen LogP contribution is 2.32. The molecule has 4 atom stereocenters. The average molecular weight is 462 g/mol. The predicted octanol–water partition coefficient (Wildman–Crippen LogP) is 2.96. The van der Waals surface area contributed by atoms with Gasteiger partial charge in [-0.05, 0) is 12.1 Å². The highest BCUT2D eigenvalue weighted by molar-refractivity contribution is 6.76. The van der Waals surface area contributed by atoms with Crippen LogP contribution in [0.5, 0.6) is 6.01 Å². The molecule has 1 N–H and O–H groups in total. The van der Waals surface area contributed by atoms with E-state index in [1.54, 1.807) is 10.6 Å². The number of hydrogen-bond acceptors (Lipinski definition) is 7. The number of ether oxygens (including phenoxy) is 4. The van der Waals surface area contributed by atoms with Crippen LogP contribution in [0.15, 0.2) is 6.07 Å². The maximum absolute atomic E-state index is 9.94. The molecule has 4 heterocycles. The molecule has 2 aromatic rings.